The maximum atomic E-state index is 8.65. The normalized spacial score (nSPS) is 11.9. The SMILES string of the molecule is N/C(=N/O)c1cccn1Cc1cc(Br)cs1. The molecule has 0 aliphatic heterocycles. The van der Waals surface area contributed by atoms with E-state index in [4.69, 9.17) is 10.9 Å². The van der Waals surface area contributed by atoms with Crippen LogP contribution in [0.15, 0.2) is 39.4 Å². The Labute approximate surface area is 105 Å². The van der Waals surface area contributed by atoms with Crippen molar-refractivity contribution in [2.24, 2.45) is 10.9 Å². The molecule has 2 heterocycles. The summed E-state index contributed by atoms with van der Waals surface area (Å²) in [5.41, 5.74) is 6.29. The molecule has 2 aromatic heterocycles. The van der Waals surface area contributed by atoms with Gasteiger partial charge in [-0.2, -0.15) is 0 Å². The molecule has 0 saturated carbocycles. The maximum absolute atomic E-state index is 8.65. The molecule has 0 fully saturated rings. The monoisotopic (exact) mass is 299 g/mol. The van der Waals surface area contributed by atoms with Crippen LogP contribution in [0, 0.1) is 0 Å². The number of amidine groups is 1. The molecular weight excluding hydrogens is 290 g/mol. The molecule has 0 aliphatic rings. The summed E-state index contributed by atoms with van der Waals surface area (Å²) < 4.78 is 3.01. The van der Waals surface area contributed by atoms with E-state index in [1.165, 1.54) is 4.88 Å². The predicted octanol–water partition coefficient (Wildman–Crippen LogP) is 2.45. The second-order valence-corrected chi connectivity index (χ2v) is 5.15. The van der Waals surface area contributed by atoms with Gasteiger partial charge >= 0.3 is 0 Å². The highest BCUT2D eigenvalue weighted by Crippen LogP contribution is 2.21. The number of hydrogen-bond acceptors (Lipinski definition) is 3. The molecule has 0 bridgehead atoms. The molecule has 0 unspecified atom stereocenters. The molecule has 0 aliphatic carbocycles. The summed E-state index contributed by atoms with van der Waals surface area (Å²) >= 11 is 5.07. The standard InChI is InChI=1S/C10H10BrN3OS/c11-7-4-8(16-6-7)5-14-3-1-2-9(14)10(12)13-15/h1-4,6,15H,5H2,(H2,12,13). The smallest absolute Gasteiger partial charge is 0.186 e. The first-order valence-electron chi connectivity index (χ1n) is 4.56. The van der Waals surface area contributed by atoms with Crippen LogP contribution in [-0.4, -0.2) is 15.6 Å². The van der Waals surface area contributed by atoms with Crippen LogP contribution in [0.4, 0.5) is 0 Å². The van der Waals surface area contributed by atoms with Gasteiger partial charge < -0.3 is 15.5 Å². The third-order valence-electron chi connectivity index (χ3n) is 2.15. The summed E-state index contributed by atoms with van der Waals surface area (Å²) in [5.74, 6) is 0.126. The lowest BCUT2D eigenvalue weighted by atomic mass is 10.4. The van der Waals surface area contributed by atoms with E-state index in [9.17, 15) is 0 Å². The van der Waals surface area contributed by atoms with Gasteiger partial charge in [-0.3, -0.25) is 0 Å². The van der Waals surface area contributed by atoms with Gasteiger partial charge in [0.05, 0.1) is 12.2 Å². The minimum atomic E-state index is 0.126. The summed E-state index contributed by atoms with van der Waals surface area (Å²) in [4.78, 5) is 1.20. The van der Waals surface area contributed by atoms with Crippen LogP contribution in [0.1, 0.15) is 10.6 Å². The predicted molar refractivity (Wildman–Crippen MR) is 68.1 cm³/mol. The number of rotatable bonds is 3. The minimum Gasteiger partial charge on any atom is -0.409 e. The summed E-state index contributed by atoms with van der Waals surface area (Å²) in [5, 5.41) is 13.7. The number of aromatic nitrogens is 1. The summed E-state index contributed by atoms with van der Waals surface area (Å²) in [6.45, 7) is 0.717. The minimum absolute atomic E-state index is 0.126. The van der Waals surface area contributed by atoms with Gasteiger partial charge in [0, 0.05) is 20.9 Å². The Kier molecular flexibility index (Phi) is 3.31. The van der Waals surface area contributed by atoms with Gasteiger partial charge in [0.15, 0.2) is 5.84 Å². The van der Waals surface area contributed by atoms with Gasteiger partial charge in [-0.05, 0) is 34.1 Å². The fourth-order valence-electron chi connectivity index (χ4n) is 1.44. The van der Waals surface area contributed by atoms with Crippen LogP contribution in [0.2, 0.25) is 0 Å². The largest absolute Gasteiger partial charge is 0.409 e. The first kappa shape index (κ1) is 11.2. The molecule has 0 atom stereocenters. The van der Waals surface area contributed by atoms with Gasteiger partial charge in [-0.1, -0.05) is 5.16 Å². The summed E-state index contributed by atoms with van der Waals surface area (Å²) in [7, 11) is 0. The molecule has 3 N–H and O–H groups in total. The first-order valence-corrected chi connectivity index (χ1v) is 6.24. The van der Waals surface area contributed by atoms with Crippen LogP contribution in [0.25, 0.3) is 0 Å². The lowest BCUT2D eigenvalue weighted by Crippen LogP contribution is -2.18. The van der Waals surface area contributed by atoms with Gasteiger partial charge in [-0.25, -0.2) is 0 Å². The number of halogens is 1. The van der Waals surface area contributed by atoms with Crippen molar-refractivity contribution in [3.05, 3.63) is 44.8 Å². The van der Waals surface area contributed by atoms with E-state index in [0.29, 0.717) is 5.69 Å². The van der Waals surface area contributed by atoms with Crippen molar-refractivity contribution in [2.45, 2.75) is 6.54 Å². The third kappa shape index (κ3) is 2.28. The van der Waals surface area contributed by atoms with E-state index >= 15 is 0 Å². The van der Waals surface area contributed by atoms with Crippen molar-refractivity contribution >= 4 is 33.1 Å². The Bertz CT molecular complexity index is 518. The number of oxime groups is 1. The Morgan fingerprint density at radius 1 is 1.62 bits per heavy atom. The highest BCUT2D eigenvalue weighted by atomic mass is 79.9. The molecular formula is C10H10BrN3OS. The molecule has 0 aromatic carbocycles. The van der Waals surface area contributed by atoms with Crippen molar-refractivity contribution < 1.29 is 5.21 Å². The lowest BCUT2D eigenvalue weighted by Gasteiger charge is -2.05. The van der Waals surface area contributed by atoms with Gasteiger partial charge in [0.2, 0.25) is 0 Å². The molecule has 16 heavy (non-hydrogen) atoms. The van der Waals surface area contributed by atoms with Crippen LogP contribution in [-0.2, 0) is 6.54 Å². The Morgan fingerprint density at radius 3 is 3.06 bits per heavy atom. The van der Waals surface area contributed by atoms with E-state index in [-0.39, 0.29) is 5.84 Å². The highest BCUT2D eigenvalue weighted by Gasteiger charge is 2.07. The second kappa shape index (κ2) is 4.71. The molecule has 2 aromatic rings. The van der Waals surface area contributed by atoms with Crippen LogP contribution in [0.3, 0.4) is 0 Å². The number of nitrogens with two attached hydrogens (primary N) is 1. The third-order valence-corrected chi connectivity index (χ3v) is 3.83. The van der Waals surface area contributed by atoms with Crippen LogP contribution in [0.5, 0.6) is 0 Å². The highest BCUT2D eigenvalue weighted by molar-refractivity contribution is 9.10. The fourth-order valence-corrected chi connectivity index (χ4v) is 2.89. The lowest BCUT2D eigenvalue weighted by molar-refractivity contribution is 0.318. The molecule has 0 spiro atoms. The zero-order valence-corrected chi connectivity index (χ0v) is 10.7. The molecule has 2 rings (SSSR count). The van der Waals surface area contributed by atoms with Crippen molar-refractivity contribution in [1.29, 1.82) is 0 Å². The van der Waals surface area contributed by atoms with Crippen LogP contribution < -0.4 is 5.73 Å². The van der Waals surface area contributed by atoms with Crippen molar-refractivity contribution in [1.82, 2.24) is 4.57 Å². The zero-order valence-electron chi connectivity index (χ0n) is 8.30. The molecule has 0 amide bonds. The Balaban J connectivity index is 2.25. The Hall–Kier alpha value is -1.27. The average molecular weight is 300 g/mol. The van der Waals surface area contributed by atoms with Gasteiger partial charge in [0.1, 0.15) is 0 Å². The van der Waals surface area contributed by atoms with E-state index in [0.717, 1.165) is 11.0 Å². The van der Waals surface area contributed by atoms with Crippen molar-refractivity contribution in [3.63, 3.8) is 0 Å². The van der Waals surface area contributed by atoms with Gasteiger partial charge in [-0.15, -0.1) is 11.3 Å². The van der Waals surface area contributed by atoms with E-state index in [1.807, 2.05) is 28.3 Å². The number of hydrogen-bond donors (Lipinski definition) is 2. The molecule has 0 saturated heterocycles. The zero-order chi connectivity index (χ0) is 11.5. The van der Waals surface area contributed by atoms with E-state index in [2.05, 4.69) is 27.2 Å². The fraction of sp³-hybridized carbons (Fsp3) is 0.100. The van der Waals surface area contributed by atoms with Crippen molar-refractivity contribution in [2.75, 3.05) is 0 Å². The average Bonchev–Trinajstić information content (AvgIpc) is 2.87. The van der Waals surface area contributed by atoms with Gasteiger partial charge in [0.25, 0.3) is 0 Å². The molecule has 0 radical (unpaired) electrons. The first-order chi connectivity index (χ1) is 7.70. The quantitative estimate of drug-likeness (QED) is 0.396. The molecule has 4 nitrogen and oxygen atoms in total. The molecule has 84 valence electrons. The Morgan fingerprint density at radius 2 is 2.44 bits per heavy atom. The van der Waals surface area contributed by atoms with E-state index in [1.54, 1.807) is 11.3 Å². The second-order valence-electron chi connectivity index (χ2n) is 3.24. The summed E-state index contributed by atoms with van der Waals surface area (Å²) in [6, 6.07) is 5.74. The van der Waals surface area contributed by atoms with Crippen LogP contribution >= 0.6 is 27.3 Å². The molecule has 6 heteroatoms. The number of thiophene rings is 1. The topological polar surface area (TPSA) is 63.5 Å². The van der Waals surface area contributed by atoms with Crippen molar-refractivity contribution in [3.8, 4) is 0 Å². The summed E-state index contributed by atoms with van der Waals surface area (Å²) in [6.07, 6.45) is 1.90. The van der Waals surface area contributed by atoms with E-state index < -0.39 is 0 Å². The maximum Gasteiger partial charge on any atom is 0.186 e. The number of nitrogens with zero attached hydrogens (tertiary/aromatic N) is 2.